The summed E-state index contributed by atoms with van der Waals surface area (Å²) in [5, 5.41) is 0. The molecule has 0 heterocycles. The largest absolute Gasteiger partial charge is 1.00 e. The average molecular weight is 218 g/mol. The van der Waals surface area contributed by atoms with Crippen molar-refractivity contribution >= 4 is 10.3 Å². The van der Waals surface area contributed by atoms with Crippen LogP contribution in [0.5, 0.6) is 0 Å². The Hall–Kier alpha value is 0.610. The summed E-state index contributed by atoms with van der Waals surface area (Å²) >= 11 is 0. The average Bonchev–Trinajstić information content (AvgIpc) is 1.35. The fourth-order valence-corrected chi connectivity index (χ4v) is 0. The number of rotatable bonds is 1. The Morgan fingerprint density at radius 3 is 1.71 bits per heavy atom. The van der Waals surface area contributed by atoms with Gasteiger partial charge in [0.2, 0.25) is 0 Å². The van der Waals surface area contributed by atoms with Gasteiger partial charge in [-0.2, -0.15) is 0 Å². The van der Waals surface area contributed by atoms with Crippen LogP contribution in [0, 0.1) is 0 Å². The zero-order valence-electron chi connectivity index (χ0n) is 3.43. The maximum Gasteiger partial charge on any atom is 1.00 e. The van der Waals surface area contributed by atoms with E-state index in [0.29, 0.717) is 0 Å². The van der Waals surface area contributed by atoms with Crippen LogP contribution in [0.15, 0.2) is 0 Å². The zero-order chi connectivity index (χ0) is 5.21. The summed E-state index contributed by atoms with van der Waals surface area (Å²) in [6.07, 6.45) is 0. The second-order valence-electron chi connectivity index (χ2n) is 0.658. The van der Waals surface area contributed by atoms with Crippen LogP contribution in [0.3, 0.4) is 0 Å². The van der Waals surface area contributed by atoms with Crippen molar-refractivity contribution in [1.29, 1.82) is 0 Å². The van der Waals surface area contributed by atoms with E-state index < -0.39 is 10.3 Å². The maximum atomic E-state index is 9.33. The van der Waals surface area contributed by atoms with Gasteiger partial charge in [0.05, 0.1) is 0 Å². The van der Waals surface area contributed by atoms with E-state index in [9.17, 15) is 13.0 Å². The Morgan fingerprint density at radius 2 is 1.71 bits per heavy atom. The molecule has 0 amide bonds. The summed E-state index contributed by atoms with van der Waals surface area (Å²) in [5.74, 6) is 0. The van der Waals surface area contributed by atoms with Crippen LogP contribution in [-0.2, 0) is 32.7 Å². The standard InChI is InChI=1S/CH5NO3S.Ag/c1-2-6(3,4)5;/h2H,1H3,(H,3,4,5);/q;+1/p-1. The summed E-state index contributed by atoms with van der Waals surface area (Å²) in [6.45, 7) is 0. The Labute approximate surface area is 57.7 Å². The first kappa shape index (κ1) is 10.6. The number of hydrogen-bond donors (Lipinski definition) is 1. The quantitative estimate of drug-likeness (QED) is 0.437. The minimum atomic E-state index is -4.16. The number of nitrogens with one attached hydrogen (secondary N) is 1. The summed E-state index contributed by atoms with van der Waals surface area (Å²) in [7, 11) is -3.10. The van der Waals surface area contributed by atoms with E-state index in [4.69, 9.17) is 0 Å². The molecular weight excluding hydrogens is 214 g/mol. The minimum Gasteiger partial charge on any atom is -0.735 e. The van der Waals surface area contributed by atoms with E-state index >= 15 is 0 Å². The Balaban J connectivity index is 0. The molecule has 0 bridgehead atoms. The molecule has 0 radical (unpaired) electrons. The summed E-state index contributed by atoms with van der Waals surface area (Å²) in [4.78, 5) is 0. The molecule has 0 aromatic heterocycles. The first-order chi connectivity index (χ1) is 2.56. The van der Waals surface area contributed by atoms with E-state index in [1.807, 2.05) is 0 Å². The molecule has 48 valence electrons. The molecule has 0 aliphatic carbocycles. The molecule has 0 aromatic carbocycles. The molecular formula is CH4AgNO3S. The van der Waals surface area contributed by atoms with Crippen molar-refractivity contribution in [3.05, 3.63) is 0 Å². The van der Waals surface area contributed by atoms with Gasteiger partial charge in [-0.05, 0) is 7.05 Å². The molecule has 0 fully saturated rings. The summed E-state index contributed by atoms with van der Waals surface area (Å²) < 4.78 is 29.5. The maximum absolute atomic E-state index is 9.33. The normalized spacial score (nSPS) is 10.0. The summed E-state index contributed by atoms with van der Waals surface area (Å²) in [6, 6.07) is 0. The first-order valence-corrected chi connectivity index (χ1v) is 2.61. The third-order valence-corrected chi connectivity index (χ3v) is 0.750. The molecule has 0 saturated heterocycles. The topological polar surface area (TPSA) is 69.2 Å². The van der Waals surface area contributed by atoms with E-state index in [1.54, 1.807) is 0 Å². The van der Waals surface area contributed by atoms with Crippen molar-refractivity contribution in [3.8, 4) is 0 Å². The minimum absolute atomic E-state index is 0. The van der Waals surface area contributed by atoms with Crippen molar-refractivity contribution in [1.82, 2.24) is 4.72 Å². The van der Waals surface area contributed by atoms with Crippen LogP contribution in [-0.4, -0.2) is 20.0 Å². The molecule has 0 atom stereocenters. The third-order valence-electron chi connectivity index (χ3n) is 0.250. The van der Waals surface area contributed by atoms with Gasteiger partial charge in [-0.25, -0.2) is 13.1 Å². The van der Waals surface area contributed by atoms with Crippen LogP contribution in [0.1, 0.15) is 0 Å². The van der Waals surface area contributed by atoms with Crippen molar-refractivity contribution < 1.29 is 35.4 Å². The number of hydrogen-bond acceptors (Lipinski definition) is 3. The van der Waals surface area contributed by atoms with E-state index in [1.165, 1.54) is 4.72 Å². The molecule has 0 saturated carbocycles. The van der Waals surface area contributed by atoms with Gasteiger partial charge in [-0.3, -0.25) is 0 Å². The van der Waals surface area contributed by atoms with E-state index in [0.717, 1.165) is 7.05 Å². The predicted molar refractivity (Wildman–Crippen MR) is 18.8 cm³/mol. The van der Waals surface area contributed by atoms with Crippen LogP contribution in [0.2, 0.25) is 0 Å². The van der Waals surface area contributed by atoms with Gasteiger partial charge >= 0.3 is 22.4 Å². The van der Waals surface area contributed by atoms with E-state index in [2.05, 4.69) is 0 Å². The molecule has 1 N–H and O–H groups in total. The molecule has 0 unspecified atom stereocenters. The van der Waals surface area contributed by atoms with Crippen LogP contribution < -0.4 is 4.72 Å². The Morgan fingerprint density at radius 1 is 1.57 bits per heavy atom. The van der Waals surface area contributed by atoms with Crippen LogP contribution in [0.25, 0.3) is 0 Å². The molecule has 0 aromatic rings. The van der Waals surface area contributed by atoms with Crippen LogP contribution >= 0.6 is 0 Å². The van der Waals surface area contributed by atoms with Gasteiger partial charge in [-0.15, -0.1) is 0 Å². The molecule has 0 rings (SSSR count). The SMILES string of the molecule is CNS(=O)(=O)[O-].[Ag+]. The fraction of sp³-hybridized carbons (Fsp3) is 1.00. The Bertz CT molecular complexity index is 117. The third kappa shape index (κ3) is 10.8. The van der Waals surface area contributed by atoms with Crippen molar-refractivity contribution in [2.24, 2.45) is 0 Å². The van der Waals surface area contributed by atoms with Gasteiger partial charge in [0.1, 0.15) is 0 Å². The molecule has 4 nitrogen and oxygen atoms in total. The second-order valence-corrected chi connectivity index (χ2v) is 1.97. The van der Waals surface area contributed by atoms with Gasteiger partial charge in [0.25, 0.3) is 0 Å². The first-order valence-electron chi connectivity index (χ1n) is 1.20. The van der Waals surface area contributed by atoms with Gasteiger partial charge in [0, 0.05) is 0 Å². The second kappa shape index (κ2) is 3.59. The van der Waals surface area contributed by atoms with Crippen molar-refractivity contribution in [2.75, 3.05) is 7.05 Å². The van der Waals surface area contributed by atoms with E-state index in [-0.39, 0.29) is 22.4 Å². The van der Waals surface area contributed by atoms with Gasteiger partial charge in [0.15, 0.2) is 10.3 Å². The zero-order valence-corrected chi connectivity index (χ0v) is 5.73. The summed E-state index contributed by atoms with van der Waals surface area (Å²) in [5.41, 5.74) is 0. The fourth-order valence-electron chi connectivity index (χ4n) is 0. The molecule has 0 spiro atoms. The monoisotopic (exact) mass is 217 g/mol. The molecule has 6 heteroatoms. The predicted octanol–water partition coefficient (Wildman–Crippen LogP) is -1.34. The molecule has 0 aliphatic rings. The van der Waals surface area contributed by atoms with Crippen molar-refractivity contribution in [2.45, 2.75) is 0 Å². The van der Waals surface area contributed by atoms with Gasteiger partial charge in [-0.1, -0.05) is 0 Å². The molecule has 7 heavy (non-hydrogen) atoms. The molecule has 0 aliphatic heterocycles. The van der Waals surface area contributed by atoms with Gasteiger partial charge < -0.3 is 4.55 Å². The Kier molecular flexibility index (Phi) is 5.42. The van der Waals surface area contributed by atoms with Crippen molar-refractivity contribution in [3.63, 3.8) is 0 Å². The van der Waals surface area contributed by atoms with Crippen LogP contribution in [0.4, 0.5) is 0 Å². The smallest absolute Gasteiger partial charge is 0.735 e.